The largest absolute Gasteiger partial charge is 0.451 e. The summed E-state index contributed by atoms with van der Waals surface area (Å²) in [7, 11) is 0. The van der Waals surface area contributed by atoms with Crippen molar-refractivity contribution in [1.82, 2.24) is 15.2 Å². The minimum absolute atomic E-state index is 0.208. The molecule has 1 amide bonds. The molecule has 1 aromatic carbocycles. The standard InChI is InChI=1S/C17H10ClF3N4O4/c18-11-5-8(17(19,20)21)6-22-14(11)23-12(26)7-29-16(28)13-9-3-1-2-4-10(9)15(27)25-24-13/h1-6H,7H2,(H,25,27)(H,22,23,26). The number of esters is 1. The molecule has 3 aromatic rings. The summed E-state index contributed by atoms with van der Waals surface area (Å²) in [5.74, 6) is -2.20. The maximum absolute atomic E-state index is 12.6. The zero-order chi connectivity index (χ0) is 21.2. The van der Waals surface area contributed by atoms with Crippen LogP contribution in [0.15, 0.2) is 41.3 Å². The number of alkyl halides is 3. The Morgan fingerprint density at radius 1 is 1.21 bits per heavy atom. The number of carbonyl (C=O) groups excluding carboxylic acids is 2. The monoisotopic (exact) mass is 426 g/mol. The Morgan fingerprint density at radius 3 is 2.55 bits per heavy atom. The highest BCUT2D eigenvalue weighted by molar-refractivity contribution is 6.33. The summed E-state index contributed by atoms with van der Waals surface area (Å²) >= 11 is 5.69. The molecule has 0 atom stereocenters. The van der Waals surface area contributed by atoms with Crippen molar-refractivity contribution in [3.8, 4) is 0 Å². The van der Waals surface area contributed by atoms with Crippen molar-refractivity contribution in [2.75, 3.05) is 11.9 Å². The molecule has 12 heteroatoms. The molecule has 0 fully saturated rings. The van der Waals surface area contributed by atoms with Gasteiger partial charge < -0.3 is 10.1 Å². The number of anilines is 1. The Kier molecular flexibility index (Phi) is 5.50. The number of ether oxygens (including phenoxy) is 1. The van der Waals surface area contributed by atoms with Crippen LogP contribution in [-0.2, 0) is 15.7 Å². The molecule has 150 valence electrons. The van der Waals surface area contributed by atoms with Crippen LogP contribution in [0.5, 0.6) is 0 Å². The molecule has 2 N–H and O–H groups in total. The van der Waals surface area contributed by atoms with Gasteiger partial charge in [-0.15, -0.1) is 0 Å². The Bertz CT molecular complexity index is 1160. The molecule has 29 heavy (non-hydrogen) atoms. The first-order valence-corrected chi connectivity index (χ1v) is 8.22. The fourth-order valence-corrected chi connectivity index (χ4v) is 2.54. The highest BCUT2D eigenvalue weighted by Gasteiger charge is 2.31. The number of nitrogens with zero attached hydrogens (tertiary/aromatic N) is 2. The molecule has 0 saturated heterocycles. The van der Waals surface area contributed by atoms with E-state index in [2.05, 4.69) is 20.5 Å². The molecule has 0 unspecified atom stereocenters. The number of H-pyrrole nitrogens is 1. The smallest absolute Gasteiger partial charge is 0.417 e. The fraction of sp³-hybridized carbons (Fsp3) is 0.118. The Labute approximate surface area is 164 Å². The Balaban J connectivity index is 1.68. The number of carbonyl (C=O) groups is 2. The number of hydrogen-bond donors (Lipinski definition) is 2. The van der Waals surface area contributed by atoms with Gasteiger partial charge in [0.25, 0.3) is 11.5 Å². The summed E-state index contributed by atoms with van der Waals surface area (Å²) in [6.07, 6.45) is -4.13. The van der Waals surface area contributed by atoms with Gasteiger partial charge >= 0.3 is 12.1 Å². The second-order valence-corrected chi connectivity index (χ2v) is 6.03. The van der Waals surface area contributed by atoms with Crippen LogP contribution in [0.2, 0.25) is 5.02 Å². The van der Waals surface area contributed by atoms with Crippen LogP contribution < -0.4 is 10.9 Å². The first-order valence-electron chi connectivity index (χ1n) is 7.84. The number of nitrogens with one attached hydrogen (secondary N) is 2. The number of aromatic amines is 1. The van der Waals surface area contributed by atoms with E-state index in [0.717, 1.165) is 0 Å². The van der Waals surface area contributed by atoms with Crippen LogP contribution in [-0.4, -0.2) is 33.7 Å². The SMILES string of the molecule is O=C(COC(=O)c1n[nH]c(=O)c2ccccc12)Nc1ncc(C(F)(F)F)cc1Cl. The molecule has 3 rings (SSSR count). The summed E-state index contributed by atoms with van der Waals surface area (Å²) in [5, 5.41) is 7.92. The highest BCUT2D eigenvalue weighted by Crippen LogP contribution is 2.32. The van der Waals surface area contributed by atoms with Gasteiger partial charge in [-0.2, -0.15) is 18.3 Å². The average Bonchev–Trinajstić information content (AvgIpc) is 2.67. The summed E-state index contributed by atoms with van der Waals surface area (Å²) in [5.41, 5.74) is -1.79. The lowest BCUT2D eigenvalue weighted by molar-refractivity contribution is -0.137. The second kappa shape index (κ2) is 7.87. The minimum Gasteiger partial charge on any atom is -0.451 e. The van der Waals surface area contributed by atoms with E-state index in [0.29, 0.717) is 12.3 Å². The van der Waals surface area contributed by atoms with Crippen molar-refractivity contribution in [2.24, 2.45) is 0 Å². The molecule has 0 aliphatic carbocycles. The van der Waals surface area contributed by atoms with Crippen LogP contribution in [0, 0.1) is 0 Å². The summed E-state index contributed by atoms with van der Waals surface area (Å²) in [4.78, 5) is 39.3. The third-order valence-electron chi connectivity index (χ3n) is 3.65. The predicted molar refractivity (Wildman–Crippen MR) is 95.5 cm³/mol. The third kappa shape index (κ3) is 4.51. The van der Waals surface area contributed by atoms with Gasteiger partial charge in [-0.1, -0.05) is 29.8 Å². The normalized spacial score (nSPS) is 11.3. The van der Waals surface area contributed by atoms with E-state index < -0.39 is 40.8 Å². The van der Waals surface area contributed by atoms with E-state index >= 15 is 0 Å². The Morgan fingerprint density at radius 2 is 1.90 bits per heavy atom. The average molecular weight is 427 g/mol. The van der Waals surface area contributed by atoms with Crippen LogP contribution in [0.25, 0.3) is 10.8 Å². The first kappa shape index (κ1) is 20.3. The molecule has 0 aliphatic rings. The number of aromatic nitrogens is 3. The zero-order valence-corrected chi connectivity index (χ0v) is 15.0. The van der Waals surface area contributed by atoms with Gasteiger partial charge in [0, 0.05) is 11.6 Å². The van der Waals surface area contributed by atoms with Crippen molar-refractivity contribution in [3.05, 3.63) is 63.2 Å². The van der Waals surface area contributed by atoms with Gasteiger partial charge in [0.1, 0.15) is 0 Å². The third-order valence-corrected chi connectivity index (χ3v) is 3.94. The highest BCUT2D eigenvalue weighted by atomic mass is 35.5. The number of benzene rings is 1. The summed E-state index contributed by atoms with van der Waals surface area (Å²) in [6.45, 7) is -0.785. The number of hydrogen-bond acceptors (Lipinski definition) is 6. The predicted octanol–water partition coefficient (Wildman–Crippen LogP) is 2.79. The number of rotatable bonds is 4. The topological polar surface area (TPSA) is 114 Å². The quantitative estimate of drug-likeness (QED) is 0.620. The van der Waals surface area contributed by atoms with Crippen LogP contribution in [0.3, 0.4) is 0 Å². The van der Waals surface area contributed by atoms with E-state index in [1.54, 1.807) is 12.1 Å². The Hall–Kier alpha value is -3.47. The van der Waals surface area contributed by atoms with Gasteiger partial charge in [0.05, 0.1) is 16.0 Å². The van der Waals surface area contributed by atoms with Crippen LogP contribution in [0.4, 0.5) is 19.0 Å². The lowest BCUT2D eigenvalue weighted by atomic mass is 10.1. The maximum Gasteiger partial charge on any atom is 0.417 e. The molecule has 8 nitrogen and oxygen atoms in total. The summed E-state index contributed by atoms with van der Waals surface area (Å²) < 4.78 is 42.6. The molecule has 0 radical (unpaired) electrons. The first-order chi connectivity index (χ1) is 13.7. The van der Waals surface area contributed by atoms with E-state index in [4.69, 9.17) is 16.3 Å². The van der Waals surface area contributed by atoms with Gasteiger partial charge in [0.15, 0.2) is 18.1 Å². The lowest BCUT2D eigenvalue weighted by Crippen LogP contribution is -2.23. The van der Waals surface area contributed by atoms with E-state index in [-0.39, 0.29) is 22.3 Å². The van der Waals surface area contributed by atoms with Crippen molar-refractivity contribution in [2.45, 2.75) is 6.18 Å². The number of fused-ring (bicyclic) bond motifs is 1. The lowest BCUT2D eigenvalue weighted by Gasteiger charge is -2.10. The van der Waals surface area contributed by atoms with Crippen molar-refractivity contribution >= 4 is 40.1 Å². The number of halogens is 4. The van der Waals surface area contributed by atoms with E-state index in [1.807, 2.05) is 0 Å². The number of amides is 1. The molecule has 2 aromatic heterocycles. The second-order valence-electron chi connectivity index (χ2n) is 5.62. The molecule has 2 heterocycles. The number of pyridine rings is 1. The molecular formula is C17H10ClF3N4O4. The van der Waals surface area contributed by atoms with Crippen molar-refractivity contribution in [1.29, 1.82) is 0 Å². The maximum atomic E-state index is 12.6. The minimum atomic E-state index is -4.64. The molecule has 0 saturated carbocycles. The molecule has 0 aliphatic heterocycles. The molecular weight excluding hydrogens is 417 g/mol. The van der Waals surface area contributed by atoms with E-state index in [1.165, 1.54) is 12.1 Å². The molecule has 0 spiro atoms. The van der Waals surface area contributed by atoms with Crippen molar-refractivity contribution < 1.29 is 27.5 Å². The fourth-order valence-electron chi connectivity index (χ4n) is 2.32. The van der Waals surface area contributed by atoms with E-state index in [9.17, 15) is 27.6 Å². The van der Waals surface area contributed by atoms with Gasteiger partial charge in [-0.25, -0.2) is 14.9 Å². The molecule has 0 bridgehead atoms. The van der Waals surface area contributed by atoms with Gasteiger partial charge in [-0.05, 0) is 12.1 Å². The van der Waals surface area contributed by atoms with Gasteiger partial charge in [0.2, 0.25) is 0 Å². The zero-order valence-electron chi connectivity index (χ0n) is 14.2. The van der Waals surface area contributed by atoms with Crippen LogP contribution >= 0.6 is 11.6 Å². The summed E-state index contributed by atoms with van der Waals surface area (Å²) in [6, 6.07) is 6.76. The van der Waals surface area contributed by atoms with Crippen LogP contribution in [0.1, 0.15) is 16.1 Å². The van der Waals surface area contributed by atoms with Crippen molar-refractivity contribution in [3.63, 3.8) is 0 Å². The van der Waals surface area contributed by atoms with Gasteiger partial charge in [-0.3, -0.25) is 9.59 Å².